The first-order valence-electron chi connectivity index (χ1n) is 8.02. The van der Waals surface area contributed by atoms with Crippen LogP contribution in [0.2, 0.25) is 0 Å². The largest absolute Gasteiger partial charge is 0.389 e. The first kappa shape index (κ1) is 15.7. The SMILES string of the molecule is O=C1CCCN1CC(=O)N1CCN(c2ccncc2)CC(O)C1. The minimum absolute atomic E-state index is 0.0483. The zero-order valence-electron chi connectivity index (χ0n) is 13.1. The average molecular weight is 318 g/mol. The van der Waals surface area contributed by atoms with Crippen molar-refractivity contribution in [1.29, 1.82) is 0 Å². The number of β-amino-alcohol motifs (C(OH)–C–C–N with tert-alkyl or cyclic N) is 1. The molecule has 3 heterocycles. The predicted molar refractivity (Wildman–Crippen MR) is 84.9 cm³/mol. The molecule has 0 radical (unpaired) electrons. The second kappa shape index (κ2) is 6.95. The third-order valence-electron chi connectivity index (χ3n) is 4.38. The number of carbonyl (C=O) groups is 2. The van der Waals surface area contributed by atoms with Crippen LogP contribution in [-0.2, 0) is 9.59 Å². The number of likely N-dealkylation sites (tertiary alicyclic amines) is 1. The van der Waals surface area contributed by atoms with Gasteiger partial charge in [-0.1, -0.05) is 0 Å². The van der Waals surface area contributed by atoms with E-state index >= 15 is 0 Å². The Morgan fingerprint density at radius 3 is 2.70 bits per heavy atom. The molecule has 0 saturated carbocycles. The zero-order valence-corrected chi connectivity index (χ0v) is 13.1. The van der Waals surface area contributed by atoms with Gasteiger partial charge in [-0.3, -0.25) is 14.6 Å². The predicted octanol–water partition coefficient (Wildman–Crippen LogP) is -0.286. The third-order valence-corrected chi connectivity index (χ3v) is 4.38. The number of hydrogen-bond donors (Lipinski definition) is 1. The van der Waals surface area contributed by atoms with Gasteiger partial charge in [-0.15, -0.1) is 0 Å². The molecule has 2 aliphatic heterocycles. The van der Waals surface area contributed by atoms with Gasteiger partial charge in [0.2, 0.25) is 11.8 Å². The van der Waals surface area contributed by atoms with E-state index in [1.54, 1.807) is 22.2 Å². The summed E-state index contributed by atoms with van der Waals surface area (Å²) >= 11 is 0. The average Bonchev–Trinajstić information content (AvgIpc) is 2.84. The van der Waals surface area contributed by atoms with E-state index in [-0.39, 0.29) is 18.4 Å². The topological polar surface area (TPSA) is 77.0 Å². The molecule has 1 aromatic heterocycles. The number of aliphatic hydroxyl groups is 1. The summed E-state index contributed by atoms with van der Waals surface area (Å²) in [5, 5.41) is 10.2. The van der Waals surface area contributed by atoms with Gasteiger partial charge in [-0.05, 0) is 18.6 Å². The Balaban J connectivity index is 1.61. The highest BCUT2D eigenvalue weighted by Gasteiger charge is 2.28. The fourth-order valence-corrected chi connectivity index (χ4v) is 3.14. The van der Waals surface area contributed by atoms with E-state index in [0.29, 0.717) is 39.1 Å². The molecule has 2 fully saturated rings. The summed E-state index contributed by atoms with van der Waals surface area (Å²) in [7, 11) is 0. The minimum atomic E-state index is -0.608. The van der Waals surface area contributed by atoms with Crippen LogP contribution in [0.4, 0.5) is 5.69 Å². The molecule has 124 valence electrons. The lowest BCUT2D eigenvalue weighted by Gasteiger charge is -2.25. The maximum atomic E-state index is 12.4. The molecule has 7 nitrogen and oxygen atoms in total. The van der Waals surface area contributed by atoms with Crippen molar-refractivity contribution in [1.82, 2.24) is 14.8 Å². The Morgan fingerprint density at radius 1 is 1.22 bits per heavy atom. The van der Waals surface area contributed by atoms with Crippen LogP contribution in [-0.4, -0.2) is 77.1 Å². The molecule has 0 aliphatic carbocycles. The normalized spacial score (nSPS) is 22.4. The van der Waals surface area contributed by atoms with Crippen molar-refractivity contribution in [3.63, 3.8) is 0 Å². The number of amides is 2. The number of rotatable bonds is 3. The van der Waals surface area contributed by atoms with Gasteiger partial charge in [0.15, 0.2) is 0 Å². The van der Waals surface area contributed by atoms with Crippen LogP contribution in [0.5, 0.6) is 0 Å². The molecule has 23 heavy (non-hydrogen) atoms. The van der Waals surface area contributed by atoms with Crippen LogP contribution < -0.4 is 4.90 Å². The van der Waals surface area contributed by atoms with Crippen LogP contribution in [0, 0.1) is 0 Å². The third kappa shape index (κ3) is 3.79. The lowest BCUT2D eigenvalue weighted by Crippen LogP contribution is -2.44. The Hall–Kier alpha value is -2.15. The molecule has 1 N–H and O–H groups in total. The van der Waals surface area contributed by atoms with Gasteiger partial charge in [-0.25, -0.2) is 0 Å². The summed E-state index contributed by atoms with van der Waals surface area (Å²) in [6.45, 7) is 2.77. The van der Waals surface area contributed by atoms with E-state index in [1.807, 2.05) is 12.1 Å². The second-order valence-electron chi connectivity index (χ2n) is 6.06. The number of carbonyl (C=O) groups excluding carboxylic acids is 2. The summed E-state index contributed by atoms with van der Waals surface area (Å²) in [5.41, 5.74) is 0.989. The van der Waals surface area contributed by atoms with Crippen molar-refractivity contribution >= 4 is 17.5 Å². The molecular formula is C16H22N4O3. The molecule has 3 rings (SSSR count). The van der Waals surface area contributed by atoms with Gasteiger partial charge in [0.25, 0.3) is 0 Å². The Kier molecular flexibility index (Phi) is 4.76. The lowest BCUT2D eigenvalue weighted by molar-refractivity contribution is -0.138. The van der Waals surface area contributed by atoms with Crippen molar-refractivity contribution in [2.24, 2.45) is 0 Å². The number of anilines is 1. The molecule has 1 aromatic rings. The highest BCUT2D eigenvalue weighted by atomic mass is 16.3. The molecule has 1 unspecified atom stereocenters. The summed E-state index contributed by atoms with van der Waals surface area (Å²) < 4.78 is 0. The van der Waals surface area contributed by atoms with Gasteiger partial charge in [-0.2, -0.15) is 0 Å². The Bertz CT molecular complexity index is 566. The molecular weight excluding hydrogens is 296 g/mol. The van der Waals surface area contributed by atoms with E-state index < -0.39 is 6.10 Å². The first-order valence-corrected chi connectivity index (χ1v) is 8.02. The van der Waals surface area contributed by atoms with Gasteiger partial charge < -0.3 is 19.8 Å². The van der Waals surface area contributed by atoms with Gasteiger partial charge in [0.05, 0.1) is 12.6 Å². The molecule has 0 spiro atoms. The van der Waals surface area contributed by atoms with Crippen LogP contribution in [0.25, 0.3) is 0 Å². The van der Waals surface area contributed by atoms with E-state index in [9.17, 15) is 14.7 Å². The fourth-order valence-electron chi connectivity index (χ4n) is 3.14. The number of pyridine rings is 1. The molecule has 2 aliphatic rings. The summed E-state index contributed by atoms with van der Waals surface area (Å²) in [5.74, 6) is -0.0389. The minimum Gasteiger partial charge on any atom is -0.389 e. The molecule has 1 atom stereocenters. The molecule has 2 amide bonds. The number of aliphatic hydroxyl groups excluding tert-OH is 1. The van der Waals surface area contributed by atoms with Crippen molar-refractivity contribution in [3.8, 4) is 0 Å². The van der Waals surface area contributed by atoms with Crippen LogP contribution in [0.3, 0.4) is 0 Å². The number of aromatic nitrogens is 1. The Labute approximate surface area is 135 Å². The van der Waals surface area contributed by atoms with Crippen LogP contribution >= 0.6 is 0 Å². The standard InChI is InChI=1S/C16H22N4O3/c21-14-10-18(13-3-5-17-6-4-13)8-9-20(11-14)16(23)12-19-7-1-2-15(19)22/h3-6,14,21H,1-2,7-12H2. The van der Waals surface area contributed by atoms with Crippen molar-refractivity contribution < 1.29 is 14.7 Å². The Morgan fingerprint density at radius 2 is 2.00 bits per heavy atom. The zero-order chi connectivity index (χ0) is 16.2. The van der Waals surface area contributed by atoms with E-state index in [4.69, 9.17) is 0 Å². The second-order valence-corrected chi connectivity index (χ2v) is 6.06. The number of hydrogen-bond acceptors (Lipinski definition) is 5. The van der Waals surface area contributed by atoms with Gasteiger partial charge in [0, 0.05) is 57.2 Å². The molecule has 0 aromatic carbocycles. The molecule has 0 bridgehead atoms. The van der Waals surface area contributed by atoms with Crippen molar-refractivity contribution in [2.75, 3.05) is 44.2 Å². The van der Waals surface area contributed by atoms with Gasteiger partial charge in [0.1, 0.15) is 0 Å². The number of nitrogens with zero attached hydrogens (tertiary/aromatic N) is 4. The van der Waals surface area contributed by atoms with E-state index in [0.717, 1.165) is 12.1 Å². The maximum Gasteiger partial charge on any atom is 0.242 e. The molecule has 7 heteroatoms. The smallest absolute Gasteiger partial charge is 0.242 e. The van der Waals surface area contributed by atoms with E-state index in [1.165, 1.54) is 0 Å². The molecule has 2 saturated heterocycles. The van der Waals surface area contributed by atoms with E-state index in [2.05, 4.69) is 9.88 Å². The van der Waals surface area contributed by atoms with Crippen LogP contribution in [0.1, 0.15) is 12.8 Å². The van der Waals surface area contributed by atoms with Gasteiger partial charge >= 0.3 is 0 Å². The highest BCUT2D eigenvalue weighted by molar-refractivity contribution is 5.86. The summed E-state index contributed by atoms with van der Waals surface area (Å²) in [6, 6.07) is 3.79. The van der Waals surface area contributed by atoms with Crippen molar-refractivity contribution in [3.05, 3.63) is 24.5 Å². The maximum absolute atomic E-state index is 12.4. The monoisotopic (exact) mass is 318 g/mol. The summed E-state index contributed by atoms with van der Waals surface area (Å²) in [4.78, 5) is 33.4. The summed E-state index contributed by atoms with van der Waals surface area (Å²) in [6.07, 6.45) is 4.18. The first-order chi connectivity index (χ1) is 11.1. The quantitative estimate of drug-likeness (QED) is 0.829. The fraction of sp³-hybridized carbons (Fsp3) is 0.562. The van der Waals surface area contributed by atoms with Crippen LogP contribution in [0.15, 0.2) is 24.5 Å². The highest BCUT2D eigenvalue weighted by Crippen LogP contribution is 2.16. The lowest BCUT2D eigenvalue weighted by atomic mass is 10.3. The van der Waals surface area contributed by atoms with Crippen molar-refractivity contribution in [2.45, 2.75) is 18.9 Å².